The highest BCUT2D eigenvalue weighted by Gasteiger charge is 2.22. The summed E-state index contributed by atoms with van der Waals surface area (Å²) in [6.45, 7) is 3.89. The van der Waals surface area contributed by atoms with E-state index in [-0.39, 0.29) is 24.3 Å². The fourth-order valence-electron chi connectivity index (χ4n) is 2.88. The lowest BCUT2D eigenvalue weighted by Crippen LogP contribution is -2.47. The Morgan fingerprint density at radius 1 is 1.11 bits per heavy atom. The first-order chi connectivity index (χ1) is 13.5. The van der Waals surface area contributed by atoms with Crippen LogP contribution in [0.1, 0.15) is 30.6 Å². The van der Waals surface area contributed by atoms with Gasteiger partial charge in [0.2, 0.25) is 5.91 Å². The predicted octanol–water partition coefficient (Wildman–Crippen LogP) is 3.86. The number of benzene rings is 2. The second kappa shape index (κ2) is 10.5. The Bertz CT molecular complexity index is 857. The minimum Gasteiger partial charge on any atom is -0.341 e. The summed E-state index contributed by atoms with van der Waals surface area (Å²) in [4.78, 5) is 26.0. The molecule has 0 spiro atoms. The maximum atomic E-state index is 12.6. The van der Waals surface area contributed by atoms with Gasteiger partial charge in [-0.2, -0.15) is 5.26 Å². The van der Waals surface area contributed by atoms with Gasteiger partial charge < -0.3 is 10.6 Å². The number of rotatable bonds is 8. The molecule has 2 rings (SSSR count). The average molecular weight is 396 g/mol. The van der Waals surface area contributed by atoms with Crippen molar-refractivity contribution in [3.05, 3.63) is 54.1 Å². The number of hydrogen-bond acceptors (Lipinski definition) is 4. The Kier molecular flexibility index (Phi) is 8.09. The molecule has 2 amide bonds. The molecule has 2 N–H and O–H groups in total. The molecule has 6 heteroatoms. The quantitative estimate of drug-likeness (QED) is 0.525. The van der Waals surface area contributed by atoms with Crippen molar-refractivity contribution in [1.29, 1.82) is 5.26 Å². The summed E-state index contributed by atoms with van der Waals surface area (Å²) >= 11 is 1.68. The highest BCUT2D eigenvalue weighted by Crippen LogP contribution is 2.30. The Labute approximate surface area is 170 Å². The van der Waals surface area contributed by atoms with Crippen LogP contribution in [0.5, 0.6) is 0 Å². The van der Waals surface area contributed by atoms with Gasteiger partial charge in [-0.05, 0) is 47.9 Å². The van der Waals surface area contributed by atoms with Gasteiger partial charge in [-0.3, -0.25) is 9.59 Å². The van der Waals surface area contributed by atoms with Crippen molar-refractivity contribution in [3.63, 3.8) is 0 Å². The first kappa shape index (κ1) is 21.5. The molecule has 0 aromatic heterocycles. The van der Waals surface area contributed by atoms with Crippen molar-refractivity contribution in [2.24, 2.45) is 5.92 Å². The van der Waals surface area contributed by atoms with E-state index >= 15 is 0 Å². The van der Waals surface area contributed by atoms with Crippen LogP contribution in [0, 0.1) is 17.2 Å². The minimum atomic E-state index is -0.669. The van der Waals surface area contributed by atoms with Crippen LogP contribution < -0.4 is 10.6 Å². The third-order valence-electron chi connectivity index (χ3n) is 4.24. The summed E-state index contributed by atoms with van der Waals surface area (Å²) in [5.74, 6) is -0.417. The lowest BCUT2D eigenvalue weighted by atomic mass is 10.0. The van der Waals surface area contributed by atoms with Gasteiger partial charge in [-0.1, -0.05) is 44.2 Å². The summed E-state index contributed by atoms with van der Waals surface area (Å²) in [6, 6.07) is 16.7. The number of nitrogens with zero attached hydrogens (tertiary/aromatic N) is 1. The van der Waals surface area contributed by atoms with Gasteiger partial charge in [0.25, 0.3) is 5.91 Å². The predicted molar refractivity (Wildman–Crippen MR) is 113 cm³/mol. The number of thioether (sulfide) groups is 1. The van der Waals surface area contributed by atoms with E-state index in [2.05, 4.69) is 22.8 Å². The van der Waals surface area contributed by atoms with E-state index in [1.54, 1.807) is 23.9 Å². The third-order valence-corrected chi connectivity index (χ3v) is 5.03. The molecule has 0 aliphatic carbocycles. The van der Waals surface area contributed by atoms with Crippen LogP contribution in [0.15, 0.2) is 53.4 Å². The van der Waals surface area contributed by atoms with Gasteiger partial charge in [0.1, 0.15) is 12.6 Å². The highest BCUT2D eigenvalue weighted by atomic mass is 32.2. The van der Waals surface area contributed by atoms with Crippen LogP contribution >= 0.6 is 11.8 Å². The third kappa shape index (κ3) is 5.86. The number of hydrogen-bond donors (Lipinski definition) is 2. The van der Waals surface area contributed by atoms with Gasteiger partial charge in [-0.15, -0.1) is 11.8 Å². The number of carbonyl (C=O) groups is 2. The number of nitriles is 1. The molecule has 5 nitrogen and oxygen atoms in total. The van der Waals surface area contributed by atoms with E-state index in [0.29, 0.717) is 12.0 Å². The molecule has 146 valence electrons. The largest absolute Gasteiger partial charge is 0.341 e. The van der Waals surface area contributed by atoms with Crippen LogP contribution in [0.4, 0.5) is 0 Å². The van der Waals surface area contributed by atoms with Crippen LogP contribution in [0.3, 0.4) is 0 Å². The molecule has 1 atom stereocenters. The van der Waals surface area contributed by atoms with Gasteiger partial charge in [-0.25, -0.2) is 0 Å². The first-order valence-corrected chi connectivity index (χ1v) is 10.4. The topological polar surface area (TPSA) is 82.0 Å². The molecular formula is C22H25N3O2S. The molecule has 0 aliphatic heterocycles. The summed E-state index contributed by atoms with van der Waals surface area (Å²) in [5.41, 5.74) is 2.65. The molecule has 28 heavy (non-hydrogen) atoms. The Balaban J connectivity index is 2.14. The highest BCUT2D eigenvalue weighted by molar-refractivity contribution is 7.98. The Morgan fingerprint density at radius 2 is 1.79 bits per heavy atom. The summed E-state index contributed by atoms with van der Waals surface area (Å²) in [5, 5.41) is 14.0. The van der Waals surface area contributed by atoms with E-state index in [1.165, 1.54) is 4.90 Å². The molecular weight excluding hydrogens is 370 g/mol. The van der Waals surface area contributed by atoms with Crippen molar-refractivity contribution in [2.45, 2.75) is 31.2 Å². The lowest BCUT2D eigenvalue weighted by Gasteiger charge is -2.19. The summed E-state index contributed by atoms with van der Waals surface area (Å²) < 4.78 is 0. The lowest BCUT2D eigenvalue weighted by molar-refractivity contribution is -0.123. The molecule has 0 unspecified atom stereocenters. The average Bonchev–Trinajstić information content (AvgIpc) is 2.71. The van der Waals surface area contributed by atoms with Crippen LogP contribution in [-0.2, 0) is 4.79 Å². The first-order valence-electron chi connectivity index (χ1n) is 9.15. The fourth-order valence-corrected chi connectivity index (χ4v) is 3.50. The van der Waals surface area contributed by atoms with Crippen LogP contribution in [-0.4, -0.2) is 30.7 Å². The van der Waals surface area contributed by atoms with E-state index in [0.717, 1.165) is 11.1 Å². The molecule has 2 aromatic carbocycles. The van der Waals surface area contributed by atoms with Crippen molar-refractivity contribution in [2.75, 3.05) is 12.8 Å². The van der Waals surface area contributed by atoms with Crippen molar-refractivity contribution >= 4 is 23.6 Å². The Morgan fingerprint density at radius 3 is 2.39 bits per heavy atom. The van der Waals surface area contributed by atoms with Gasteiger partial charge >= 0.3 is 0 Å². The van der Waals surface area contributed by atoms with E-state index in [1.807, 2.05) is 50.4 Å². The molecule has 0 radical (unpaired) electrons. The number of amides is 2. The number of carbonyl (C=O) groups excluding carboxylic acids is 2. The summed E-state index contributed by atoms with van der Waals surface area (Å²) in [7, 11) is 0. The molecule has 2 aromatic rings. The minimum absolute atomic E-state index is 0.0765. The molecule has 0 fully saturated rings. The second-order valence-electron chi connectivity index (χ2n) is 6.81. The zero-order valence-electron chi connectivity index (χ0n) is 16.4. The van der Waals surface area contributed by atoms with Gasteiger partial charge in [0, 0.05) is 10.5 Å². The molecule has 0 aliphatic rings. The van der Waals surface area contributed by atoms with Gasteiger partial charge in [0.05, 0.1) is 6.07 Å². The number of nitrogens with one attached hydrogen (secondary N) is 2. The van der Waals surface area contributed by atoms with Crippen molar-refractivity contribution in [1.82, 2.24) is 10.6 Å². The van der Waals surface area contributed by atoms with Crippen LogP contribution in [0.2, 0.25) is 0 Å². The monoisotopic (exact) mass is 395 g/mol. The molecule has 0 heterocycles. The van der Waals surface area contributed by atoms with Crippen molar-refractivity contribution in [3.8, 4) is 17.2 Å². The molecule has 0 bridgehead atoms. The van der Waals surface area contributed by atoms with E-state index in [9.17, 15) is 9.59 Å². The zero-order chi connectivity index (χ0) is 20.5. The van der Waals surface area contributed by atoms with Crippen molar-refractivity contribution < 1.29 is 9.59 Å². The maximum Gasteiger partial charge on any atom is 0.251 e. The Hall–Kier alpha value is -2.78. The summed E-state index contributed by atoms with van der Waals surface area (Å²) in [6.07, 6.45) is 2.54. The SMILES string of the molecule is CSc1ccccc1-c1ccc(C(=O)N[C@@H](CC(C)C)C(=O)NCC#N)cc1. The normalized spacial score (nSPS) is 11.5. The second-order valence-corrected chi connectivity index (χ2v) is 7.66. The maximum absolute atomic E-state index is 12.6. The smallest absolute Gasteiger partial charge is 0.251 e. The molecule has 0 saturated heterocycles. The fraction of sp³-hybridized carbons (Fsp3) is 0.318. The van der Waals surface area contributed by atoms with E-state index < -0.39 is 6.04 Å². The van der Waals surface area contributed by atoms with Crippen LogP contribution in [0.25, 0.3) is 11.1 Å². The molecule has 0 saturated carbocycles. The van der Waals surface area contributed by atoms with Gasteiger partial charge in [0.15, 0.2) is 0 Å². The van der Waals surface area contributed by atoms with E-state index in [4.69, 9.17) is 5.26 Å². The standard InChI is InChI=1S/C22H25N3O2S/c1-15(2)14-19(22(27)24-13-12-23)25-21(26)17-10-8-16(9-11-17)18-6-4-5-7-20(18)28-3/h4-11,15,19H,13-14H2,1-3H3,(H,24,27)(H,25,26)/t19-/m0/s1. The zero-order valence-corrected chi connectivity index (χ0v) is 17.2.